The van der Waals surface area contributed by atoms with Gasteiger partial charge in [0.1, 0.15) is 11.1 Å². The van der Waals surface area contributed by atoms with Gasteiger partial charge in [0, 0.05) is 25.9 Å². The molecule has 0 aromatic carbocycles. The number of rotatable bonds is 3. The number of carboxylic acids is 1. The van der Waals surface area contributed by atoms with Crippen LogP contribution in [0.25, 0.3) is 0 Å². The maximum atomic E-state index is 11.4. The van der Waals surface area contributed by atoms with Gasteiger partial charge in [-0.2, -0.15) is 10.2 Å². The van der Waals surface area contributed by atoms with Crippen LogP contribution in [0.5, 0.6) is 11.8 Å². The number of hydrogen-bond donors (Lipinski definition) is 1. The predicted octanol–water partition coefficient (Wildman–Crippen LogP) is 1.21. The summed E-state index contributed by atoms with van der Waals surface area (Å²) in [5.41, 5.74) is 0.571. The van der Waals surface area contributed by atoms with Crippen molar-refractivity contribution in [1.29, 1.82) is 0 Å². The van der Waals surface area contributed by atoms with Gasteiger partial charge in [0.25, 0.3) is 0 Å². The molecule has 0 spiro atoms. The molecule has 26 heavy (non-hydrogen) atoms. The first-order chi connectivity index (χ1) is 12.6. The van der Waals surface area contributed by atoms with Crippen molar-refractivity contribution in [2.45, 2.75) is 32.9 Å². The van der Waals surface area contributed by atoms with E-state index in [2.05, 4.69) is 10.2 Å². The van der Waals surface area contributed by atoms with E-state index in [0.717, 1.165) is 25.9 Å². The summed E-state index contributed by atoms with van der Waals surface area (Å²) < 4.78 is 18.7. The molecule has 0 amide bonds. The highest BCUT2D eigenvalue weighted by Crippen LogP contribution is 2.23. The molecule has 0 aliphatic carbocycles. The quantitative estimate of drug-likeness (QED) is 0.808. The first kappa shape index (κ1) is 17.8. The second kappa shape index (κ2) is 7.89. The molecule has 0 saturated carbocycles. The van der Waals surface area contributed by atoms with E-state index >= 15 is 0 Å². The van der Waals surface area contributed by atoms with E-state index in [0.29, 0.717) is 37.1 Å². The van der Waals surface area contributed by atoms with Gasteiger partial charge in [-0.3, -0.25) is 0 Å². The monoisotopic (exact) mass is 364 g/mol. The molecule has 2 aliphatic heterocycles. The Kier molecular flexibility index (Phi) is 5.40. The molecule has 4 rings (SSSR count). The van der Waals surface area contributed by atoms with Crippen molar-refractivity contribution >= 4 is 11.9 Å². The average Bonchev–Trinajstić information content (AvgIpc) is 3.27. The lowest BCUT2D eigenvalue weighted by atomic mass is 10.3. The molecule has 2 aromatic rings. The maximum absolute atomic E-state index is 11.4. The summed E-state index contributed by atoms with van der Waals surface area (Å²) in [6, 6.07) is 0. The third-order valence-electron chi connectivity index (χ3n) is 3.81. The molecule has 1 N–H and O–H groups in total. The fourth-order valence-electron chi connectivity index (χ4n) is 2.63. The Hall–Kier alpha value is -3.04. The van der Waals surface area contributed by atoms with Gasteiger partial charge < -0.3 is 19.3 Å². The van der Waals surface area contributed by atoms with E-state index in [-0.39, 0.29) is 11.5 Å². The van der Waals surface area contributed by atoms with Crippen molar-refractivity contribution in [2.75, 3.05) is 19.8 Å². The second-order valence-electron chi connectivity index (χ2n) is 5.60. The zero-order valence-electron chi connectivity index (χ0n) is 14.4. The number of esters is 1. The summed E-state index contributed by atoms with van der Waals surface area (Å²) in [6.07, 6.45) is 4.63. The van der Waals surface area contributed by atoms with Crippen molar-refractivity contribution in [2.24, 2.45) is 0 Å². The minimum Gasteiger partial charge on any atom is -0.477 e. The van der Waals surface area contributed by atoms with Gasteiger partial charge in [-0.25, -0.2) is 19.0 Å². The van der Waals surface area contributed by atoms with Gasteiger partial charge in [0.05, 0.1) is 32.2 Å². The van der Waals surface area contributed by atoms with E-state index < -0.39 is 5.97 Å². The Morgan fingerprint density at radius 1 is 1.08 bits per heavy atom. The van der Waals surface area contributed by atoms with Gasteiger partial charge in [0.15, 0.2) is 0 Å². The van der Waals surface area contributed by atoms with Gasteiger partial charge >= 0.3 is 11.9 Å². The van der Waals surface area contributed by atoms with Crippen LogP contribution in [0.15, 0.2) is 12.4 Å². The number of carbonyl (C=O) groups is 2. The fraction of sp³-hybridized carbons (Fsp3) is 0.500. The smallest absolute Gasteiger partial charge is 0.345 e. The Balaban J connectivity index is 0.000000152. The van der Waals surface area contributed by atoms with E-state index in [9.17, 15) is 9.59 Å². The molecule has 2 aromatic heterocycles. The number of carboxylic acid groups (broad SMARTS) is 1. The van der Waals surface area contributed by atoms with Gasteiger partial charge in [0.2, 0.25) is 11.8 Å². The lowest BCUT2D eigenvalue weighted by Gasteiger charge is -2.15. The third-order valence-corrected chi connectivity index (χ3v) is 3.81. The number of aromatic nitrogens is 4. The standard InChI is InChI=1S/C9H12N2O3.C7H8N2O3/c1-2-13-9(12)7-6-10-11-4-3-5-14-8(7)11;10-7(11)5-4-8-9-2-1-3-12-6(5)9/h6H,2-5H2,1H3;4H,1-3H2,(H,10,11). The van der Waals surface area contributed by atoms with Crippen LogP contribution in [0.1, 0.15) is 40.5 Å². The van der Waals surface area contributed by atoms with Crippen LogP contribution in [-0.4, -0.2) is 56.4 Å². The molecular weight excluding hydrogens is 344 g/mol. The van der Waals surface area contributed by atoms with Crippen LogP contribution in [0.4, 0.5) is 0 Å². The van der Waals surface area contributed by atoms with Crippen LogP contribution < -0.4 is 9.47 Å². The minimum absolute atomic E-state index is 0.148. The first-order valence-electron chi connectivity index (χ1n) is 8.39. The molecule has 0 radical (unpaired) electrons. The Morgan fingerprint density at radius 2 is 1.62 bits per heavy atom. The summed E-state index contributed by atoms with van der Waals surface area (Å²) in [6.45, 7) is 4.89. The number of carbonyl (C=O) groups excluding carboxylic acids is 1. The van der Waals surface area contributed by atoms with Crippen molar-refractivity contribution in [1.82, 2.24) is 19.6 Å². The maximum Gasteiger partial charge on any atom is 0.345 e. The molecule has 0 bridgehead atoms. The first-order valence-corrected chi connectivity index (χ1v) is 8.39. The number of aromatic carboxylic acids is 1. The van der Waals surface area contributed by atoms with Crippen LogP contribution in [-0.2, 0) is 17.8 Å². The van der Waals surface area contributed by atoms with Gasteiger partial charge in [-0.1, -0.05) is 0 Å². The van der Waals surface area contributed by atoms with Crippen molar-refractivity contribution in [3.05, 3.63) is 23.5 Å². The lowest BCUT2D eigenvalue weighted by molar-refractivity contribution is 0.0519. The summed E-state index contributed by atoms with van der Waals surface area (Å²) in [4.78, 5) is 22.0. The predicted molar refractivity (Wildman–Crippen MR) is 87.6 cm³/mol. The molecule has 2 aliphatic rings. The zero-order valence-corrected chi connectivity index (χ0v) is 14.4. The summed E-state index contributed by atoms with van der Waals surface area (Å²) in [5.74, 6) is -0.433. The topological polar surface area (TPSA) is 118 Å². The van der Waals surface area contributed by atoms with Crippen molar-refractivity contribution in [3.8, 4) is 11.8 Å². The zero-order chi connectivity index (χ0) is 18.5. The molecule has 0 atom stereocenters. The normalized spacial score (nSPS) is 14.7. The number of ether oxygens (including phenoxy) is 3. The summed E-state index contributed by atoms with van der Waals surface area (Å²) in [5, 5.41) is 16.6. The molecule has 10 heteroatoms. The minimum atomic E-state index is -0.988. The average molecular weight is 364 g/mol. The number of hydrogen-bond acceptors (Lipinski definition) is 7. The van der Waals surface area contributed by atoms with E-state index in [1.165, 1.54) is 12.4 Å². The molecule has 0 unspecified atom stereocenters. The van der Waals surface area contributed by atoms with Gasteiger partial charge in [-0.15, -0.1) is 0 Å². The lowest BCUT2D eigenvalue weighted by Crippen LogP contribution is -2.16. The Bertz CT molecular complexity index is 797. The highest BCUT2D eigenvalue weighted by molar-refractivity contribution is 5.91. The van der Waals surface area contributed by atoms with Crippen molar-refractivity contribution in [3.63, 3.8) is 0 Å². The molecule has 10 nitrogen and oxygen atoms in total. The fourth-order valence-corrected chi connectivity index (χ4v) is 2.63. The van der Waals surface area contributed by atoms with E-state index in [1.54, 1.807) is 16.3 Å². The second-order valence-corrected chi connectivity index (χ2v) is 5.60. The van der Waals surface area contributed by atoms with E-state index in [1.807, 2.05) is 0 Å². The van der Waals surface area contributed by atoms with Crippen LogP contribution >= 0.6 is 0 Å². The molecule has 0 fully saturated rings. The molecule has 0 saturated heterocycles. The Morgan fingerprint density at radius 3 is 2.15 bits per heavy atom. The van der Waals surface area contributed by atoms with Crippen LogP contribution in [0, 0.1) is 0 Å². The third kappa shape index (κ3) is 3.63. The highest BCUT2D eigenvalue weighted by Gasteiger charge is 2.22. The summed E-state index contributed by atoms with van der Waals surface area (Å²) >= 11 is 0. The van der Waals surface area contributed by atoms with Crippen LogP contribution in [0.2, 0.25) is 0 Å². The molecule has 140 valence electrons. The number of aryl methyl sites for hydroxylation is 2. The number of fused-ring (bicyclic) bond motifs is 2. The SMILES string of the molecule is CCOC(=O)c1cnn2c1OCCC2.O=C(O)c1cnn2c1OCCC2. The molecule has 4 heterocycles. The molecular formula is C16H20N4O6. The van der Waals surface area contributed by atoms with Crippen molar-refractivity contribution < 1.29 is 28.9 Å². The van der Waals surface area contributed by atoms with Crippen LogP contribution in [0.3, 0.4) is 0 Å². The largest absolute Gasteiger partial charge is 0.477 e. The number of nitrogens with zero attached hydrogens (tertiary/aromatic N) is 4. The van der Waals surface area contributed by atoms with Gasteiger partial charge in [-0.05, 0) is 6.92 Å². The van der Waals surface area contributed by atoms with E-state index in [4.69, 9.17) is 19.3 Å². The highest BCUT2D eigenvalue weighted by atomic mass is 16.5. The Labute approximate surface area is 149 Å². The summed E-state index contributed by atoms with van der Waals surface area (Å²) in [7, 11) is 0.